The van der Waals surface area contributed by atoms with Crippen molar-refractivity contribution in [3.8, 4) is 0 Å². The van der Waals surface area contributed by atoms with E-state index < -0.39 is 18.0 Å². The summed E-state index contributed by atoms with van der Waals surface area (Å²) < 4.78 is 5.11. The topological polar surface area (TPSA) is 55.4 Å². The second kappa shape index (κ2) is 8.08. The molecule has 4 nitrogen and oxygen atoms in total. The molecule has 1 amide bonds. The van der Waals surface area contributed by atoms with E-state index in [1.807, 2.05) is 0 Å². The molecular formula is C16H11Cl4NO3. The van der Waals surface area contributed by atoms with Gasteiger partial charge >= 0.3 is 5.97 Å². The Hall–Kier alpha value is -1.46. The van der Waals surface area contributed by atoms with Crippen molar-refractivity contribution in [3.63, 3.8) is 0 Å². The molecule has 2 aromatic carbocycles. The fraction of sp³-hybridized carbons (Fsp3) is 0.125. The highest BCUT2D eigenvalue weighted by Crippen LogP contribution is 2.24. The number of esters is 1. The molecule has 0 spiro atoms. The van der Waals surface area contributed by atoms with Gasteiger partial charge < -0.3 is 10.1 Å². The van der Waals surface area contributed by atoms with Crippen LogP contribution in [0.2, 0.25) is 20.1 Å². The summed E-state index contributed by atoms with van der Waals surface area (Å²) in [5.41, 5.74) is 0.511. The molecule has 2 aromatic rings. The van der Waals surface area contributed by atoms with Gasteiger partial charge in [-0.3, -0.25) is 4.79 Å². The predicted octanol–water partition coefficient (Wildman–Crippen LogP) is 5.48. The SMILES string of the molecule is C[C@H](OC(=O)c1ccc(Cl)cc1Cl)C(=O)Nc1cc(Cl)cc(Cl)c1. The molecule has 0 saturated heterocycles. The van der Waals surface area contributed by atoms with Gasteiger partial charge in [-0.2, -0.15) is 0 Å². The summed E-state index contributed by atoms with van der Waals surface area (Å²) in [6.45, 7) is 1.43. The summed E-state index contributed by atoms with van der Waals surface area (Å²) in [7, 11) is 0. The number of benzene rings is 2. The van der Waals surface area contributed by atoms with Crippen LogP contribution in [0.25, 0.3) is 0 Å². The first-order chi connectivity index (χ1) is 11.3. The van der Waals surface area contributed by atoms with Crippen molar-refractivity contribution in [2.75, 3.05) is 5.32 Å². The fourth-order valence-electron chi connectivity index (χ4n) is 1.80. The van der Waals surface area contributed by atoms with E-state index in [1.54, 1.807) is 0 Å². The first-order valence-corrected chi connectivity index (χ1v) is 8.20. The van der Waals surface area contributed by atoms with Crippen molar-refractivity contribution in [2.45, 2.75) is 13.0 Å². The van der Waals surface area contributed by atoms with Crippen LogP contribution in [0.15, 0.2) is 36.4 Å². The van der Waals surface area contributed by atoms with Crippen LogP contribution in [-0.4, -0.2) is 18.0 Å². The number of hydrogen-bond acceptors (Lipinski definition) is 3. The van der Waals surface area contributed by atoms with Crippen LogP contribution >= 0.6 is 46.4 Å². The van der Waals surface area contributed by atoms with E-state index in [4.69, 9.17) is 51.1 Å². The Kier molecular flexibility index (Phi) is 6.35. The molecular weight excluding hydrogens is 396 g/mol. The van der Waals surface area contributed by atoms with Gasteiger partial charge in [0.15, 0.2) is 6.10 Å². The molecule has 1 N–H and O–H groups in total. The van der Waals surface area contributed by atoms with Gasteiger partial charge in [0.05, 0.1) is 10.6 Å². The molecule has 0 aromatic heterocycles. The molecule has 0 aliphatic rings. The van der Waals surface area contributed by atoms with E-state index in [1.165, 1.54) is 43.3 Å². The maximum Gasteiger partial charge on any atom is 0.340 e. The van der Waals surface area contributed by atoms with Gasteiger partial charge in [0.2, 0.25) is 0 Å². The van der Waals surface area contributed by atoms with Gasteiger partial charge in [-0.25, -0.2) is 4.79 Å². The summed E-state index contributed by atoms with van der Waals surface area (Å²) in [6.07, 6.45) is -1.05. The lowest BCUT2D eigenvalue weighted by molar-refractivity contribution is -0.123. The number of hydrogen-bond donors (Lipinski definition) is 1. The Morgan fingerprint density at radius 2 is 1.58 bits per heavy atom. The van der Waals surface area contributed by atoms with Crippen LogP contribution in [0.4, 0.5) is 5.69 Å². The van der Waals surface area contributed by atoms with Crippen LogP contribution in [0.5, 0.6) is 0 Å². The zero-order valence-corrected chi connectivity index (χ0v) is 15.3. The van der Waals surface area contributed by atoms with Crippen LogP contribution < -0.4 is 5.32 Å². The Morgan fingerprint density at radius 1 is 0.958 bits per heavy atom. The number of rotatable bonds is 4. The highest BCUT2D eigenvalue weighted by molar-refractivity contribution is 6.36. The Labute approximate surface area is 158 Å². The zero-order valence-electron chi connectivity index (χ0n) is 12.3. The van der Waals surface area contributed by atoms with E-state index in [2.05, 4.69) is 5.32 Å². The molecule has 24 heavy (non-hydrogen) atoms. The summed E-state index contributed by atoms with van der Waals surface area (Å²) in [5, 5.41) is 3.84. The molecule has 0 aliphatic carbocycles. The van der Waals surface area contributed by atoms with Crippen LogP contribution in [0, 0.1) is 0 Å². The normalized spacial score (nSPS) is 11.7. The van der Waals surface area contributed by atoms with Gasteiger partial charge in [-0.1, -0.05) is 46.4 Å². The van der Waals surface area contributed by atoms with E-state index in [0.717, 1.165) is 0 Å². The monoisotopic (exact) mass is 405 g/mol. The largest absolute Gasteiger partial charge is 0.449 e. The quantitative estimate of drug-likeness (QED) is 0.683. The van der Waals surface area contributed by atoms with Crippen LogP contribution in [0.3, 0.4) is 0 Å². The third-order valence-corrected chi connectivity index (χ3v) is 3.92. The Bertz CT molecular complexity index is 775. The molecule has 0 radical (unpaired) electrons. The van der Waals surface area contributed by atoms with Crippen molar-refractivity contribution >= 4 is 64.0 Å². The molecule has 1 atom stereocenters. The highest BCUT2D eigenvalue weighted by Gasteiger charge is 2.21. The van der Waals surface area contributed by atoms with E-state index in [9.17, 15) is 9.59 Å². The lowest BCUT2D eigenvalue weighted by Crippen LogP contribution is -2.30. The number of amides is 1. The first-order valence-electron chi connectivity index (χ1n) is 6.69. The van der Waals surface area contributed by atoms with Crippen molar-refractivity contribution in [2.24, 2.45) is 0 Å². The molecule has 2 rings (SSSR count). The van der Waals surface area contributed by atoms with Gasteiger partial charge in [-0.05, 0) is 43.3 Å². The van der Waals surface area contributed by atoms with Crippen molar-refractivity contribution in [1.82, 2.24) is 0 Å². The van der Waals surface area contributed by atoms with E-state index in [0.29, 0.717) is 20.8 Å². The Balaban J connectivity index is 2.04. The summed E-state index contributed by atoms with van der Waals surface area (Å²) in [6, 6.07) is 8.92. The minimum atomic E-state index is -1.05. The molecule has 0 aliphatic heterocycles. The molecule has 126 valence electrons. The zero-order chi connectivity index (χ0) is 17.9. The Morgan fingerprint density at radius 3 is 2.17 bits per heavy atom. The average molecular weight is 407 g/mol. The fourth-order valence-corrected chi connectivity index (χ4v) is 2.81. The number of halogens is 4. The summed E-state index contributed by atoms with van der Waals surface area (Å²) in [4.78, 5) is 24.2. The molecule has 0 unspecified atom stereocenters. The number of carbonyl (C=O) groups excluding carboxylic acids is 2. The molecule has 0 heterocycles. The van der Waals surface area contributed by atoms with Crippen LogP contribution in [-0.2, 0) is 9.53 Å². The van der Waals surface area contributed by atoms with Gasteiger partial charge in [0.1, 0.15) is 0 Å². The predicted molar refractivity (Wildman–Crippen MR) is 96.4 cm³/mol. The molecule has 0 fully saturated rings. The van der Waals surface area contributed by atoms with Crippen molar-refractivity contribution in [3.05, 3.63) is 62.1 Å². The molecule has 0 saturated carbocycles. The van der Waals surface area contributed by atoms with Crippen molar-refractivity contribution in [1.29, 1.82) is 0 Å². The molecule has 8 heteroatoms. The minimum Gasteiger partial charge on any atom is -0.449 e. The number of anilines is 1. The number of ether oxygens (including phenoxy) is 1. The second-order valence-corrected chi connectivity index (χ2v) is 6.54. The van der Waals surface area contributed by atoms with E-state index in [-0.39, 0.29) is 10.6 Å². The van der Waals surface area contributed by atoms with Gasteiger partial charge in [-0.15, -0.1) is 0 Å². The van der Waals surface area contributed by atoms with Crippen LogP contribution in [0.1, 0.15) is 17.3 Å². The van der Waals surface area contributed by atoms with Gasteiger partial charge in [0.25, 0.3) is 5.91 Å². The van der Waals surface area contributed by atoms with E-state index >= 15 is 0 Å². The third-order valence-electron chi connectivity index (χ3n) is 2.93. The highest BCUT2D eigenvalue weighted by atomic mass is 35.5. The smallest absolute Gasteiger partial charge is 0.340 e. The standard InChI is InChI=1S/C16H11Cl4NO3/c1-8(15(22)21-12-5-10(18)4-11(19)6-12)24-16(23)13-3-2-9(17)7-14(13)20/h2-8H,1H3,(H,21,22)/t8-/m0/s1. The number of carbonyl (C=O) groups is 2. The lowest BCUT2D eigenvalue weighted by Gasteiger charge is -2.14. The van der Waals surface area contributed by atoms with Gasteiger partial charge in [0, 0.05) is 20.8 Å². The summed E-state index contributed by atoms with van der Waals surface area (Å²) >= 11 is 23.4. The average Bonchev–Trinajstić information content (AvgIpc) is 2.45. The maximum absolute atomic E-state index is 12.1. The minimum absolute atomic E-state index is 0.117. The summed E-state index contributed by atoms with van der Waals surface area (Å²) in [5.74, 6) is -1.27. The second-order valence-electron chi connectivity index (χ2n) is 4.82. The lowest BCUT2D eigenvalue weighted by atomic mass is 10.2. The first kappa shape index (κ1) is 18.9. The third kappa shape index (κ3) is 5.02. The maximum atomic E-state index is 12.1. The number of nitrogens with one attached hydrogen (secondary N) is 1. The van der Waals surface area contributed by atoms with Crippen molar-refractivity contribution < 1.29 is 14.3 Å². The molecule has 0 bridgehead atoms.